The van der Waals surface area contributed by atoms with Crippen LogP contribution in [0.15, 0.2) is 51.7 Å². The second-order valence-electron chi connectivity index (χ2n) is 6.78. The lowest BCUT2D eigenvalue weighted by molar-refractivity contribution is 0.123. The number of para-hydroxylation sites is 1. The summed E-state index contributed by atoms with van der Waals surface area (Å²) >= 11 is 1.75. The van der Waals surface area contributed by atoms with Crippen LogP contribution >= 0.6 is 91.9 Å². The Bertz CT molecular complexity index is 981. The highest BCUT2D eigenvalue weighted by Gasteiger charge is 2.36. The van der Waals surface area contributed by atoms with Crippen molar-refractivity contribution < 1.29 is 13.3 Å². The fourth-order valence-electron chi connectivity index (χ4n) is 3.06. The SMILES string of the molecule is CO[Si](CCCc1cc(C)ccc1SSSSSSSSc1nc2ccccc2s1)(OC)OC. The summed E-state index contributed by atoms with van der Waals surface area (Å²) in [7, 11) is 16.8. The van der Waals surface area contributed by atoms with Crippen LogP contribution in [-0.2, 0) is 19.7 Å². The van der Waals surface area contributed by atoms with E-state index in [4.69, 9.17) is 13.3 Å². The van der Waals surface area contributed by atoms with Gasteiger partial charge >= 0.3 is 8.80 Å². The number of fused-ring (bicyclic) bond motifs is 1. The zero-order chi connectivity index (χ0) is 24.2. The van der Waals surface area contributed by atoms with Gasteiger partial charge in [0, 0.05) is 32.3 Å². The van der Waals surface area contributed by atoms with Crippen molar-refractivity contribution in [1.82, 2.24) is 4.98 Å². The van der Waals surface area contributed by atoms with E-state index < -0.39 is 8.80 Å². The minimum Gasteiger partial charge on any atom is -0.377 e. The molecule has 0 saturated carbocycles. The van der Waals surface area contributed by atoms with Gasteiger partial charge in [-0.25, -0.2) is 4.98 Å². The summed E-state index contributed by atoms with van der Waals surface area (Å²) in [6, 6.07) is 15.8. The molecule has 186 valence electrons. The number of aromatic nitrogens is 1. The van der Waals surface area contributed by atoms with E-state index in [2.05, 4.69) is 48.3 Å². The van der Waals surface area contributed by atoms with Crippen LogP contribution in [0.5, 0.6) is 0 Å². The Morgan fingerprint density at radius 3 is 2.24 bits per heavy atom. The molecule has 0 aliphatic carbocycles. The lowest BCUT2D eigenvalue weighted by atomic mass is 10.1. The summed E-state index contributed by atoms with van der Waals surface area (Å²) in [6.45, 7) is 2.14. The Balaban J connectivity index is 1.34. The standard InChI is InChI=1S/C20H25NO3S9Si/c1-15-11-12-18(16(14-15)8-7-13-34(22-2,23-3)24-4)26-28-30-32-33-31-29-27-20-21-17-9-5-6-10-19(17)25-20/h5-6,9-12,14H,7-8,13H2,1-4H3. The van der Waals surface area contributed by atoms with Crippen LogP contribution in [0.25, 0.3) is 10.2 Å². The van der Waals surface area contributed by atoms with Crippen molar-refractivity contribution in [3.05, 3.63) is 53.6 Å². The van der Waals surface area contributed by atoms with Crippen molar-refractivity contribution in [2.45, 2.75) is 35.0 Å². The van der Waals surface area contributed by atoms with E-state index in [0.29, 0.717) is 0 Å². The summed E-state index contributed by atoms with van der Waals surface area (Å²) in [5.41, 5.74) is 3.74. The number of thiazole rings is 1. The Morgan fingerprint density at radius 2 is 1.53 bits per heavy atom. The first kappa shape index (κ1) is 29.8. The predicted molar refractivity (Wildman–Crippen MR) is 168 cm³/mol. The van der Waals surface area contributed by atoms with Gasteiger partial charge in [0.1, 0.15) is 0 Å². The van der Waals surface area contributed by atoms with E-state index in [-0.39, 0.29) is 0 Å². The van der Waals surface area contributed by atoms with Crippen LogP contribution in [-0.4, -0.2) is 35.1 Å². The van der Waals surface area contributed by atoms with Crippen molar-refractivity contribution in [3.8, 4) is 0 Å². The summed E-state index contributed by atoms with van der Waals surface area (Å²) in [5.74, 6) is 0. The maximum absolute atomic E-state index is 5.56. The van der Waals surface area contributed by atoms with Crippen LogP contribution in [0.1, 0.15) is 17.5 Å². The molecular formula is C20H25NO3S9Si. The molecule has 3 aromatic rings. The number of nitrogens with zero attached hydrogens (tertiary/aromatic N) is 1. The molecule has 1 aromatic heterocycles. The second kappa shape index (κ2) is 16.2. The molecule has 3 rings (SSSR count). The van der Waals surface area contributed by atoms with E-state index in [9.17, 15) is 0 Å². The molecule has 1 heterocycles. The van der Waals surface area contributed by atoms with Crippen molar-refractivity contribution in [2.24, 2.45) is 0 Å². The van der Waals surface area contributed by atoms with E-state index in [1.54, 1.807) is 102 Å². The molecule has 0 spiro atoms. The highest BCUT2D eigenvalue weighted by molar-refractivity contribution is 9.48. The van der Waals surface area contributed by atoms with Crippen molar-refractivity contribution in [2.75, 3.05) is 21.3 Å². The number of hydrogen-bond acceptors (Lipinski definition) is 13. The van der Waals surface area contributed by atoms with Crippen LogP contribution in [0.2, 0.25) is 6.04 Å². The first-order chi connectivity index (χ1) is 16.6. The molecule has 0 unspecified atom stereocenters. The lowest BCUT2D eigenvalue weighted by Gasteiger charge is -2.24. The Labute approximate surface area is 236 Å². The maximum Gasteiger partial charge on any atom is 0.500 e. The molecule has 0 bridgehead atoms. The predicted octanol–water partition coefficient (Wildman–Crippen LogP) is 10.1. The third-order valence-electron chi connectivity index (χ3n) is 4.72. The fraction of sp³-hybridized carbons (Fsp3) is 0.350. The molecule has 2 aromatic carbocycles. The average molecular weight is 644 g/mol. The van der Waals surface area contributed by atoms with E-state index in [1.165, 1.54) is 20.7 Å². The minimum absolute atomic E-state index is 0.812. The number of aryl methyl sites for hydroxylation is 2. The molecule has 0 saturated heterocycles. The topological polar surface area (TPSA) is 40.6 Å². The third kappa shape index (κ3) is 9.51. The second-order valence-corrected chi connectivity index (χ2v) is 23.9. The third-order valence-corrected chi connectivity index (χ3v) is 23.9. The Morgan fingerprint density at radius 1 is 0.853 bits per heavy atom. The summed E-state index contributed by atoms with van der Waals surface area (Å²) in [4.78, 5) is 5.98. The summed E-state index contributed by atoms with van der Waals surface area (Å²) in [5, 5.41) is 0. The first-order valence-electron chi connectivity index (χ1n) is 10.0. The van der Waals surface area contributed by atoms with E-state index >= 15 is 0 Å². The number of hydrogen-bond donors (Lipinski definition) is 0. The van der Waals surface area contributed by atoms with Gasteiger partial charge in [-0.2, -0.15) is 0 Å². The smallest absolute Gasteiger partial charge is 0.377 e. The quantitative estimate of drug-likeness (QED) is 0.0847. The zero-order valence-corrected chi connectivity index (χ0v) is 27.4. The van der Waals surface area contributed by atoms with E-state index in [0.717, 1.165) is 28.7 Å². The zero-order valence-electron chi connectivity index (χ0n) is 19.0. The Kier molecular flexibility index (Phi) is 14.2. The van der Waals surface area contributed by atoms with Crippen molar-refractivity contribution >= 4 is 111 Å². The number of benzene rings is 2. The number of rotatable bonds is 16. The van der Waals surface area contributed by atoms with Gasteiger partial charge in [0.25, 0.3) is 0 Å². The van der Waals surface area contributed by atoms with Crippen molar-refractivity contribution in [1.29, 1.82) is 0 Å². The minimum atomic E-state index is -2.51. The fourth-order valence-corrected chi connectivity index (χ4v) is 23.0. The molecule has 0 fully saturated rings. The maximum atomic E-state index is 5.56. The van der Waals surface area contributed by atoms with Crippen molar-refractivity contribution in [3.63, 3.8) is 0 Å². The van der Waals surface area contributed by atoms with Gasteiger partial charge in [0.05, 0.1) is 10.2 Å². The molecule has 0 N–H and O–H groups in total. The molecule has 0 amide bonds. The normalized spacial score (nSPS) is 12.0. The Hall–Kier alpha value is 1.23. The van der Waals surface area contributed by atoms with Crippen LogP contribution < -0.4 is 0 Å². The highest BCUT2D eigenvalue weighted by atomic mass is 34.0. The molecule has 14 heteroatoms. The average Bonchev–Trinajstić information content (AvgIpc) is 3.28. The molecule has 4 nitrogen and oxygen atoms in total. The monoisotopic (exact) mass is 643 g/mol. The van der Waals surface area contributed by atoms with Gasteiger partial charge in [-0.05, 0) is 124 Å². The molecular weight excluding hydrogens is 619 g/mol. The molecule has 0 atom stereocenters. The highest BCUT2D eigenvalue weighted by Crippen LogP contribution is 2.59. The van der Waals surface area contributed by atoms with E-state index in [1.807, 2.05) is 16.9 Å². The van der Waals surface area contributed by atoms with Gasteiger partial charge in [-0.15, -0.1) is 11.3 Å². The summed E-state index contributed by atoms with van der Waals surface area (Å²) < 4.78 is 19.0. The first-order valence-corrected chi connectivity index (χ1v) is 22.9. The summed E-state index contributed by atoms with van der Waals surface area (Å²) in [6.07, 6.45) is 1.96. The van der Waals surface area contributed by atoms with Gasteiger partial charge < -0.3 is 13.3 Å². The largest absolute Gasteiger partial charge is 0.500 e. The molecule has 0 radical (unpaired) electrons. The van der Waals surface area contributed by atoms with Crippen LogP contribution in [0.3, 0.4) is 0 Å². The van der Waals surface area contributed by atoms with Gasteiger partial charge in [0.2, 0.25) is 0 Å². The van der Waals surface area contributed by atoms with Crippen LogP contribution in [0, 0.1) is 6.92 Å². The molecule has 34 heavy (non-hydrogen) atoms. The van der Waals surface area contributed by atoms with Gasteiger partial charge in [-0.3, -0.25) is 0 Å². The van der Waals surface area contributed by atoms with Gasteiger partial charge in [0.15, 0.2) is 4.34 Å². The van der Waals surface area contributed by atoms with Gasteiger partial charge in [-0.1, -0.05) is 29.8 Å². The lowest BCUT2D eigenvalue weighted by Crippen LogP contribution is -2.42. The molecule has 0 aliphatic heterocycles. The van der Waals surface area contributed by atoms with Crippen LogP contribution in [0.4, 0.5) is 0 Å². The molecule has 0 aliphatic rings.